The fraction of sp³-hybridized carbons (Fsp3) is 0.174. The van der Waals surface area contributed by atoms with Gasteiger partial charge in [-0.3, -0.25) is 4.79 Å². The van der Waals surface area contributed by atoms with E-state index in [4.69, 9.17) is 0 Å². The fourth-order valence-electron chi connectivity index (χ4n) is 3.08. The lowest BCUT2D eigenvalue weighted by Gasteiger charge is -2.13. The summed E-state index contributed by atoms with van der Waals surface area (Å²) in [5.74, 6) is 0.224. The van der Waals surface area contributed by atoms with Crippen molar-refractivity contribution in [3.8, 4) is 11.1 Å². The zero-order valence-corrected chi connectivity index (χ0v) is 18.7. The van der Waals surface area contributed by atoms with Gasteiger partial charge in [0.05, 0.1) is 11.1 Å². The van der Waals surface area contributed by atoms with Crippen molar-refractivity contribution >= 4 is 50.6 Å². The van der Waals surface area contributed by atoms with E-state index < -0.39 is 0 Å². The Morgan fingerprint density at radius 2 is 1.80 bits per heavy atom. The number of benzene rings is 2. The maximum Gasteiger partial charge on any atom is 0.234 e. The van der Waals surface area contributed by atoms with Crippen LogP contribution in [0.4, 0.5) is 11.4 Å². The molecular formula is C23H22N4OS2. The monoisotopic (exact) mass is 434 g/mol. The normalized spacial score (nSPS) is 10.9. The predicted octanol–water partition coefficient (Wildman–Crippen LogP) is 5.46. The van der Waals surface area contributed by atoms with Gasteiger partial charge in [0.2, 0.25) is 5.91 Å². The first-order chi connectivity index (χ1) is 14.5. The summed E-state index contributed by atoms with van der Waals surface area (Å²) < 4.78 is 0. The largest absolute Gasteiger partial charge is 0.378 e. The van der Waals surface area contributed by atoms with Gasteiger partial charge in [-0.05, 0) is 36.8 Å². The number of fused-ring (bicyclic) bond motifs is 1. The number of nitrogens with one attached hydrogen (secondary N) is 1. The van der Waals surface area contributed by atoms with Crippen LogP contribution in [0.5, 0.6) is 0 Å². The molecule has 7 heteroatoms. The molecular weight excluding hydrogens is 412 g/mol. The van der Waals surface area contributed by atoms with Gasteiger partial charge < -0.3 is 10.2 Å². The number of thiophene rings is 1. The molecule has 152 valence electrons. The second-order valence-corrected chi connectivity index (χ2v) is 8.97. The molecule has 0 bridgehead atoms. The molecule has 0 aliphatic carbocycles. The molecule has 5 nitrogen and oxygen atoms in total. The first kappa shape index (κ1) is 20.4. The Labute approximate surface area is 184 Å². The molecule has 0 radical (unpaired) electrons. The molecule has 0 spiro atoms. The molecule has 4 aromatic rings. The molecule has 30 heavy (non-hydrogen) atoms. The summed E-state index contributed by atoms with van der Waals surface area (Å²) in [7, 11) is 3.98. The highest BCUT2D eigenvalue weighted by Crippen LogP contribution is 2.37. The first-order valence-electron chi connectivity index (χ1n) is 9.50. The molecule has 0 saturated carbocycles. The van der Waals surface area contributed by atoms with Crippen LogP contribution in [-0.2, 0) is 4.79 Å². The smallest absolute Gasteiger partial charge is 0.234 e. The molecule has 0 fully saturated rings. The van der Waals surface area contributed by atoms with Gasteiger partial charge in [0.25, 0.3) is 0 Å². The Morgan fingerprint density at radius 3 is 2.50 bits per heavy atom. The minimum absolute atomic E-state index is 0.0588. The molecule has 1 N–H and O–H groups in total. The van der Waals surface area contributed by atoms with Crippen molar-refractivity contribution in [2.24, 2.45) is 0 Å². The molecule has 0 atom stereocenters. The second-order valence-electron chi connectivity index (χ2n) is 7.15. The van der Waals surface area contributed by atoms with Gasteiger partial charge in [-0.1, -0.05) is 41.6 Å². The number of carbonyl (C=O) groups is 1. The minimum atomic E-state index is -0.0588. The summed E-state index contributed by atoms with van der Waals surface area (Å²) in [6.45, 7) is 2.08. The summed E-state index contributed by atoms with van der Waals surface area (Å²) in [6.07, 6.45) is 1.57. The number of amides is 1. The average molecular weight is 435 g/mol. The van der Waals surface area contributed by atoms with E-state index in [2.05, 4.69) is 51.9 Å². The standard InChI is InChI=1S/C23H22N4OS2/c1-15-4-6-16(7-5-15)19-12-29-22-21(19)23(25-14-24-22)30-13-20(28)26-17-8-10-18(11-9-17)27(2)3/h4-12,14H,13H2,1-3H3,(H,26,28). The van der Waals surface area contributed by atoms with Crippen molar-refractivity contribution in [3.05, 3.63) is 65.8 Å². The quantitative estimate of drug-likeness (QED) is 0.322. The SMILES string of the molecule is Cc1ccc(-c2csc3ncnc(SCC(=O)Nc4ccc(N(C)C)cc4)c23)cc1. The van der Waals surface area contributed by atoms with Crippen LogP contribution in [0.3, 0.4) is 0 Å². The first-order valence-corrected chi connectivity index (χ1v) is 11.4. The summed E-state index contributed by atoms with van der Waals surface area (Å²) >= 11 is 3.04. The van der Waals surface area contributed by atoms with E-state index in [9.17, 15) is 4.79 Å². The molecule has 4 rings (SSSR count). The number of aryl methyl sites for hydroxylation is 1. The molecule has 0 aliphatic heterocycles. The Hall–Kier alpha value is -2.90. The summed E-state index contributed by atoms with van der Waals surface area (Å²) in [6, 6.07) is 16.2. The van der Waals surface area contributed by atoms with E-state index in [0.717, 1.165) is 37.7 Å². The summed E-state index contributed by atoms with van der Waals surface area (Å²) in [4.78, 5) is 24.3. The van der Waals surface area contributed by atoms with Crippen LogP contribution in [0.25, 0.3) is 21.3 Å². The predicted molar refractivity (Wildman–Crippen MR) is 128 cm³/mol. The van der Waals surface area contributed by atoms with E-state index in [1.54, 1.807) is 17.7 Å². The second kappa shape index (κ2) is 8.85. The molecule has 0 aliphatic rings. The van der Waals surface area contributed by atoms with Crippen LogP contribution in [0.15, 0.2) is 65.3 Å². The van der Waals surface area contributed by atoms with Crippen LogP contribution in [0.2, 0.25) is 0 Å². The zero-order valence-electron chi connectivity index (χ0n) is 17.0. The van der Waals surface area contributed by atoms with Crippen LogP contribution < -0.4 is 10.2 Å². The van der Waals surface area contributed by atoms with Gasteiger partial charge in [0.1, 0.15) is 16.2 Å². The summed E-state index contributed by atoms with van der Waals surface area (Å²) in [5.41, 5.74) is 5.34. The average Bonchev–Trinajstić information content (AvgIpc) is 3.18. The van der Waals surface area contributed by atoms with E-state index in [-0.39, 0.29) is 11.7 Å². The lowest BCUT2D eigenvalue weighted by molar-refractivity contribution is -0.113. The number of hydrogen-bond acceptors (Lipinski definition) is 6. The number of carbonyl (C=O) groups excluding carboxylic acids is 1. The topological polar surface area (TPSA) is 58.1 Å². The van der Waals surface area contributed by atoms with Gasteiger partial charge in [-0.2, -0.15) is 0 Å². The van der Waals surface area contributed by atoms with Crippen LogP contribution in [-0.4, -0.2) is 35.7 Å². The van der Waals surface area contributed by atoms with Gasteiger partial charge in [0.15, 0.2) is 0 Å². The number of nitrogens with zero attached hydrogens (tertiary/aromatic N) is 3. The van der Waals surface area contributed by atoms with Gasteiger partial charge in [0, 0.05) is 36.4 Å². The zero-order chi connectivity index (χ0) is 21.1. The van der Waals surface area contributed by atoms with Crippen molar-refractivity contribution in [2.45, 2.75) is 11.9 Å². The van der Waals surface area contributed by atoms with Crippen molar-refractivity contribution < 1.29 is 4.79 Å². The Balaban J connectivity index is 1.50. The highest BCUT2D eigenvalue weighted by molar-refractivity contribution is 8.00. The van der Waals surface area contributed by atoms with E-state index in [1.807, 2.05) is 43.3 Å². The molecule has 1 amide bonds. The lowest BCUT2D eigenvalue weighted by atomic mass is 10.1. The van der Waals surface area contributed by atoms with Crippen LogP contribution in [0.1, 0.15) is 5.56 Å². The van der Waals surface area contributed by atoms with Crippen molar-refractivity contribution in [2.75, 3.05) is 30.1 Å². The highest BCUT2D eigenvalue weighted by atomic mass is 32.2. The minimum Gasteiger partial charge on any atom is -0.378 e. The Kier molecular flexibility index (Phi) is 6.01. The van der Waals surface area contributed by atoms with Gasteiger partial charge in [-0.15, -0.1) is 11.3 Å². The number of rotatable bonds is 6. The number of hydrogen-bond donors (Lipinski definition) is 1. The van der Waals surface area contributed by atoms with Crippen molar-refractivity contribution in [1.29, 1.82) is 0 Å². The van der Waals surface area contributed by atoms with E-state index >= 15 is 0 Å². The molecule has 2 aromatic heterocycles. The molecule has 0 saturated heterocycles. The fourth-order valence-corrected chi connectivity index (χ4v) is 4.87. The molecule has 0 unspecified atom stereocenters. The Morgan fingerprint density at radius 1 is 1.07 bits per heavy atom. The number of aromatic nitrogens is 2. The number of anilines is 2. The maximum absolute atomic E-state index is 12.5. The van der Waals surface area contributed by atoms with Crippen LogP contribution >= 0.6 is 23.1 Å². The van der Waals surface area contributed by atoms with E-state index in [0.29, 0.717) is 0 Å². The van der Waals surface area contributed by atoms with E-state index in [1.165, 1.54) is 17.3 Å². The summed E-state index contributed by atoms with van der Waals surface area (Å²) in [5, 5.41) is 6.91. The Bertz CT molecular complexity index is 1170. The number of thioether (sulfide) groups is 1. The van der Waals surface area contributed by atoms with Gasteiger partial charge >= 0.3 is 0 Å². The highest BCUT2D eigenvalue weighted by Gasteiger charge is 2.15. The van der Waals surface area contributed by atoms with Crippen LogP contribution in [0, 0.1) is 6.92 Å². The third-order valence-electron chi connectivity index (χ3n) is 4.71. The molecule has 2 heterocycles. The third kappa shape index (κ3) is 4.47. The maximum atomic E-state index is 12.5. The van der Waals surface area contributed by atoms with Gasteiger partial charge in [-0.25, -0.2) is 9.97 Å². The van der Waals surface area contributed by atoms with Crippen molar-refractivity contribution in [3.63, 3.8) is 0 Å². The third-order valence-corrected chi connectivity index (χ3v) is 6.58. The van der Waals surface area contributed by atoms with Crippen molar-refractivity contribution in [1.82, 2.24) is 9.97 Å². The molecule has 2 aromatic carbocycles. The lowest BCUT2D eigenvalue weighted by Crippen LogP contribution is -2.14.